The van der Waals surface area contributed by atoms with Gasteiger partial charge in [-0.1, -0.05) is 0 Å². The average Bonchev–Trinajstić information content (AvgIpc) is 2.64. The summed E-state index contributed by atoms with van der Waals surface area (Å²) < 4.78 is 0. The number of amides is 1. The number of hydrazine groups is 1. The number of imidazole rings is 1. The maximum atomic E-state index is 11.4. The molecule has 14 heavy (non-hydrogen) atoms. The van der Waals surface area contributed by atoms with Crippen LogP contribution in [0.15, 0.2) is 24.5 Å². The Morgan fingerprint density at radius 3 is 3.14 bits per heavy atom. The Labute approximate surface area is 80.5 Å². The lowest BCUT2D eigenvalue weighted by atomic mass is 10.2. The van der Waals surface area contributed by atoms with E-state index in [1.54, 1.807) is 31.6 Å². The van der Waals surface area contributed by atoms with Crippen molar-refractivity contribution >= 4 is 16.9 Å². The number of carbonyl (C=O) groups is 1. The number of carbonyl (C=O) groups excluding carboxylic acids is 1. The maximum Gasteiger partial charge on any atom is 0.265 e. The van der Waals surface area contributed by atoms with E-state index < -0.39 is 0 Å². The molecule has 0 spiro atoms. The molecule has 1 heterocycles. The number of rotatable bonds is 2. The smallest absolute Gasteiger partial charge is 0.265 e. The minimum atomic E-state index is -0.163. The van der Waals surface area contributed by atoms with Gasteiger partial charge in [0, 0.05) is 12.6 Å². The minimum Gasteiger partial charge on any atom is -0.345 e. The number of nitrogens with one attached hydrogen (secondary N) is 3. The minimum absolute atomic E-state index is 0.163. The molecule has 0 radical (unpaired) electrons. The van der Waals surface area contributed by atoms with Crippen molar-refractivity contribution in [3.05, 3.63) is 30.1 Å². The number of aromatic amines is 1. The van der Waals surface area contributed by atoms with Crippen LogP contribution in [0.5, 0.6) is 0 Å². The number of hydrogen-bond donors (Lipinski definition) is 3. The second-order valence-electron chi connectivity index (χ2n) is 2.84. The Kier molecular flexibility index (Phi) is 2.16. The number of hydrogen-bond acceptors (Lipinski definition) is 3. The fraction of sp³-hybridized carbons (Fsp3) is 0.111. The highest BCUT2D eigenvalue weighted by atomic mass is 16.2. The third-order valence-corrected chi connectivity index (χ3v) is 1.92. The molecule has 0 fully saturated rings. The van der Waals surface area contributed by atoms with Crippen LogP contribution in [0, 0.1) is 0 Å². The summed E-state index contributed by atoms with van der Waals surface area (Å²) in [6.07, 6.45) is 1.60. The van der Waals surface area contributed by atoms with Gasteiger partial charge in [0.2, 0.25) is 0 Å². The van der Waals surface area contributed by atoms with E-state index in [9.17, 15) is 4.79 Å². The summed E-state index contributed by atoms with van der Waals surface area (Å²) in [5.74, 6) is -0.163. The lowest BCUT2D eigenvalue weighted by Gasteiger charge is -2.01. The first-order valence-corrected chi connectivity index (χ1v) is 4.21. The van der Waals surface area contributed by atoms with Crippen LogP contribution in [0.3, 0.4) is 0 Å². The largest absolute Gasteiger partial charge is 0.345 e. The predicted octanol–water partition coefficient (Wildman–Crippen LogP) is 0.427. The van der Waals surface area contributed by atoms with Gasteiger partial charge in [0.15, 0.2) is 0 Å². The summed E-state index contributed by atoms with van der Waals surface area (Å²) in [5.41, 5.74) is 7.38. The summed E-state index contributed by atoms with van der Waals surface area (Å²) in [6.45, 7) is 0. The molecule has 0 aliphatic rings. The third kappa shape index (κ3) is 1.45. The van der Waals surface area contributed by atoms with Crippen molar-refractivity contribution in [1.82, 2.24) is 20.8 Å². The van der Waals surface area contributed by atoms with E-state index in [-0.39, 0.29) is 5.91 Å². The Bertz CT molecular complexity index is 463. The molecule has 0 saturated carbocycles. The highest BCUT2D eigenvalue weighted by Gasteiger charge is 2.05. The molecule has 0 unspecified atom stereocenters. The zero-order valence-corrected chi connectivity index (χ0v) is 7.66. The van der Waals surface area contributed by atoms with Gasteiger partial charge in [-0.15, -0.1) is 0 Å². The topological polar surface area (TPSA) is 69.8 Å². The number of benzene rings is 1. The highest BCUT2D eigenvalue weighted by Crippen LogP contribution is 2.10. The molecule has 0 bridgehead atoms. The van der Waals surface area contributed by atoms with Gasteiger partial charge in [0.1, 0.15) is 0 Å². The fourth-order valence-electron chi connectivity index (χ4n) is 1.26. The monoisotopic (exact) mass is 190 g/mol. The van der Waals surface area contributed by atoms with Crippen molar-refractivity contribution < 1.29 is 4.79 Å². The van der Waals surface area contributed by atoms with E-state index >= 15 is 0 Å². The van der Waals surface area contributed by atoms with E-state index in [0.29, 0.717) is 5.56 Å². The van der Waals surface area contributed by atoms with Crippen LogP contribution in [-0.2, 0) is 0 Å². The molecule has 1 amide bonds. The average molecular weight is 190 g/mol. The van der Waals surface area contributed by atoms with E-state index in [0.717, 1.165) is 11.0 Å². The number of nitrogens with zero attached hydrogens (tertiary/aromatic N) is 1. The van der Waals surface area contributed by atoms with E-state index in [1.165, 1.54) is 0 Å². The Morgan fingerprint density at radius 1 is 1.50 bits per heavy atom. The SMILES string of the molecule is CNNC(=O)c1ccc2nc[nH]c2c1. The van der Waals surface area contributed by atoms with Crippen LogP contribution in [0.1, 0.15) is 10.4 Å². The van der Waals surface area contributed by atoms with E-state index in [1.807, 2.05) is 0 Å². The van der Waals surface area contributed by atoms with Crippen molar-refractivity contribution in [3.63, 3.8) is 0 Å². The molecule has 72 valence electrons. The Hall–Kier alpha value is -1.88. The van der Waals surface area contributed by atoms with Crippen LogP contribution in [0.25, 0.3) is 11.0 Å². The van der Waals surface area contributed by atoms with Crippen molar-refractivity contribution in [3.8, 4) is 0 Å². The van der Waals surface area contributed by atoms with Crippen molar-refractivity contribution in [1.29, 1.82) is 0 Å². The molecule has 5 nitrogen and oxygen atoms in total. The lowest BCUT2D eigenvalue weighted by Crippen LogP contribution is -2.34. The summed E-state index contributed by atoms with van der Waals surface area (Å²) >= 11 is 0. The molecule has 2 aromatic rings. The summed E-state index contributed by atoms with van der Waals surface area (Å²) in [6, 6.07) is 5.29. The normalized spacial score (nSPS) is 10.4. The lowest BCUT2D eigenvalue weighted by molar-refractivity contribution is 0.0938. The van der Waals surface area contributed by atoms with E-state index in [2.05, 4.69) is 20.8 Å². The molecule has 1 aromatic carbocycles. The van der Waals surface area contributed by atoms with E-state index in [4.69, 9.17) is 0 Å². The highest BCUT2D eigenvalue weighted by molar-refractivity contribution is 5.96. The van der Waals surface area contributed by atoms with Crippen LogP contribution in [-0.4, -0.2) is 22.9 Å². The second-order valence-corrected chi connectivity index (χ2v) is 2.84. The molecule has 0 aliphatic carbocycles. The van der Waals surface area contributed by atoms with Crippen LogP contribution >= 0.6 is 0 Å². The summed E-state index contributed by atoms with van der Waals surface area (Å²) in [5, 5.41) is 0. The van der Waals surface area contributed by atoms with Gasteiger partial charge >= 0.3 is 0 Å². The summed E-state index contributed by atoms with van der Waals surface area (Å²) in [4.78, 5) is 18.4. The van der Waals surface area contributed by atoms with Crippen molar-refractivity contribution in [2.45, 2.75) is 0 Å². The van der Waals surface area contributed by atoms with Crippen molar-refractivity contribution in [2.75, 3.05) is 7.05 Å². The summed E-state index contributed by atoms with van der Waals surface area (Å²) in [7, 11) is 1.65. The number of fused-ring (bicyclic) bond motifs is 1. The molecule has 3 N–H and O–H groups in total. The zero-order valence-electron chi connectivity index (χ0n) is 7.66. The van der Waals surface area contributed by atoms with Gasteiger partial charge in [-0.2, -0.15) is 0 Å². The predicted molar refractivity (Wildman–Crippen MR) is 52.6 cm³/mol. The fourth-order valence-corrected chi connectivity index (χ4v) is 1.26. The Morgan fingerprint density at radius 2 is 2.36 bits per heavy atom. The van der Waals surface area contributed by atoms with Gasteiger partial charge in [-0.3, -0.25) is 10.2 Å². The number of H-pyrrole nitrogens is 1. The first-order chi connectivity index (χ1) is 6.81. The van der Waals surface area contributed by atoms with Gasteiger partial charge in [-0.25, -0.2) is 10.4 Å². The zero-order chi connectivity index (χ0) is 9.97. The number of aromatic nitrogens is 2. The first-order valence-electron chi connectivity index (χ1n) is 4.21. The Balaban J connectivity index is 2.38. The quantitative estimate of drug-likeness (QED) is 0.601. The van der Waals surface area contributed by atoms with Gasteiger partial charge in [-0.05, 0) is 18.2 Å². The molecule has 2 rings (SSSR count). The van der Waals surface area contributed by atoms with Gasteiger partial charge in [0.05, 0.1) is 17.4 Å². The van der Waals surface area contributed by atoms with Gasteiger partial charge < -0.3 is 4.98 Å². The molecule has 0 aliphatic heterocycles. The van der Waals surface area contributed by atoms with Crippen molar-refractivity contribution in [2.24, 2.45) is 0 Å². The molecule has 1 aromatic heterocycles. The molecular weight excluding hydrogens is 180 g/mol. The standard InChI is InChI=1S/C9H10N4O/c1-10-13-9(14)6-2-3-7-8(4-6)12-5-11-7/h2-5,10H,1H3,(H,11,12)(H,13,14). The van der Waals surface area contributed by atoms with Gasteiger partial charge in [0.25, 0.3) is 5.91 Å². The molecule has 0 saturated heterocycles. The molecular formula is C9H10N4O. The van der Waals surface area contributed by atoms with Crippen LogP contribution < -0.4 is 10.9 Å². The van der Waals surface area contributed by atoms with Crippen LogP contribution in [0.2, 0.25) is 0 Å². The maximum absolute atomic E-state index is 11.4. The second kappa shape index (κ2) is 3.47. The third-order valence-electron chi connectivity index (χ3n) is 1.92. The first kappa shape index (κ1) is 8.71. The molecule has 5 heteroatoms. The molecule has 0 atom stereocenters. The van der Waals surface area contributed by atoms with Crippen LogP contribution in [0.4, 0.5) is 0 Å².